The van der Waals surface area contributed by atoms with Gasteiger partial charge in [-0.25, -0.2) is 0 Å². The predicted molar refractivity (Wildman–Crippen MR) is 49.2 cm³/mol. The maximum Gasteiger partial charge on any atom is 0.207 e. The van der Waals surface area contributed by atoms with Crippen molar-refractivity contribution in [2.45, 2.75) is 12.7 Å². The fourth-order valence-electron chi connectivity index (χ4n) is 1.22. The molecule has 0 bridgehead atoms. The van der Waals surface area contributed by atoms with E-state index in [9.17, 15) is 4.79 Å². The van der Waals surface area contributed by atoms with Crippen molar-refractivity contribution in [2.75, 3.05) is 13.7 Å². The number of ether oxygens (including phenoxy) is 2. The Morgan fingerprint density at radius 2 is 2.08 bits per heavy atom. The van der Waals surface area contributed by atoms with Gasteiger partial charge in [0.15, 0.2) is 0 Å². The van der Waals surface area contributed by atoms with E-state index >= 15 is 0 Å². The first-order valence-corrected chi connectivity index (χ1v) is 4.29. The standard InChI is InChI=1S/C10H14O3/c1-3-13-10(12-2)6-4-9(8-11)5-7-10/h4-9H,3H2,1-2H3. The van der Waals surface area contributed by atoms with Gasteiger partial charge in [-0.1, -0.05) is 12.2 Å². The van der Waals surface area contributed by atoms with Gasteiger partial charge < -0.3 is 14.3 Å². The second-order valence-corrected chi connectivity index (χ2v) is 2.79. The molecule has 72 valence electrons. The van der Waals surface area contributed by atoms with Gasteiger partial charge in [0.1, 0.15) is 6.29 Å². The molecule has 0 aromatic carbocycles. The lowest BCUT2D eigenvalue weighted by Gasteiger charge is -2.28. The van der Waals surface area contributed by atoms with Crippen molar-refractivity contribution in [1.82, 2.24) is 0 Å². The maximum absolute atomic E-state index is 10.4. The van der Waals surface area contributed by atoms with Crippen LogP contribution < -0.4 is 0 Å². The molecule has 1 aliphatic carbocycles. The lowest BCUT2D eigenvalue weighted by molar-refractivity contribution is -0.151. The van der Waals surface area contributed by atoms with Gasteiger partial charge in [-0.05, 0) is 19.1 Å². The molecule has 0 atom stereocenters. The lowest BCUT2D eigenvalue weighted by atomic mass is 10.0. The van der Waals surface area contributed by atoms with Crippen molar-refractivity contribution < 1.29 is 14.3 Å². The molecule has 0 fully saturated rings. The Bertz CT molecular complexity index is 216. The summed E-state index contributed by atoms with van der Waals surface area (Å²) in [4.78, 5) is 10.4. The third-order valence-corrected chi connectivity index (χ3v) is 1.95. The van der Waals surface area contributed by atoms with Gasteiger partial charge in [-0.2, -0.15) is 0 Å². The SMILES string of the molecule is CCOC1(OC)C=CC(C=O)C=C1. The van der Waals surface area contributed by atoms with Gasteiger partial charge in [0, 0.05) is 13.7 Å². The first-order chi connectivity index (χ1) is 6.26. The third-order valence-electron chi connectivity index (χ3n) is 1.95. The molecule has 0 spiro atoms. The highest BCUT2D eigenvalue weighted by Gasteiger charge is 2.26. The second-order valence-electron chi connectivity index (χ2n) is 2.79. The summed E-state index contributed by atoms with van der Waals surface area (Å²) < 4.78 is 10.6. The monoisotopic (exact) mass is 182 g/mol. The Kier molecular flexibility index (Phi) is 3.39. The number of hydrogen-bond acceptors (Lipinski definition) is 3. The first kappa shape index (κ1) is 10.2. The topological polar surface area (TPSA) is 35.5 Å². The van der Waals surface area contributed by atoms with Crippen LogP contribution >= 0.6 is 0 Å². The fraction of sp³-hybridized carbons (Fsp3) is 0.500. The van der Waals surface area contributed by atoms with Crippen LogP contribution in [-0.4, -0.2) is 25.8 Å². The summed E-state index contributed by atoms with van der Waals surface area (Å²) in [6.45, 7) is 2.46. The molecular formula is C10H14O3. The molecule has 13 heavy (non-hydrogen) atoms. The van der Waals surface area contributed by atoms with Crippen LogP contribution in [0, 0.1) is 5.92 Å². The van der Waals surface area contributed by atoms with Crippen molar-refractivity contribution in [1.29, 1.82) is 0 Å². The highest BCUT2D eigenvalue weighted by molar-refractivity contribution is 5.60. The average molecular weight is 182 g/mol. The van der Waals surface area contributed by atoms with Crippen LogP contribution in [0.5, 0.6) is 0 Å². The van der Waals surface area contributed by atoms with Gasteiger partial charge in [0.25, 0.3) is 0 Å². The molecule has 0 saturated carbocycles. The molecule has 0 N–H and O–H groups in total. The highest BCUT2D eigenvalue weighted by atomic mass is 16.7. The number of allylic oxidation sites excluding steroid dienone is 2. The molecule has 0 saturated heterocycles. The van der Waals surface area contributed by atoms with Crippen LogP contribution in [0.2, 0.25) is 0 Å². The first-order valence-electron chi connectivity index (χ1n) is 4.29. The van der Waals surface area contributed by atoms with Crippen LogP contribution in [0.15, 0.2) is 24.3 Å². The zero-order chi connectivity index (χ0) is 9.73. The quantitative estimate of drug-likeness (QED) is 0.373. The Morgan fingerprint density at radius 3 is 2.46 bits per heavy atom. The van der Waals surface area contributed by atoms with E-state index in [0.29, 0.717) is 6.61 Å². The largest absolute Gasteiger partial charge is 0.346 e. The summed E-state index contributed by atoms with van der Waals surface area (Å²) in [5, 5.41) is 0. The van der Waals surface area contributed by atoms with Crippen LogP contribution in [0.3, 0.4) is 0 Å². The number of carbonyl (C=O) groups is 1. The van der Waals surface area contributed by atoms with E-state index in [1.807, 2.05) is 6.92 Å². The summed E-state index contributed by atoms with van der Waals surface area (Å²) >= 11 is 0. The molecule has 0 aliphatic heterocycles. The molecule has 3 nitrogen and oxygen atoms in total. The zero-order valence-electron chi connectivity index (χ0n) is 7.90. The molecule has 1 aliphatic rings. The van der Waals surface area contributed by atoms with Gasteiger partial charge in [0.05, 0.1) is 5.92 Å². The van der Waals surface area contributed by atoms with Crippen molar-refractivity contribution in [3.63, 3.8) is 0 Å². The lowest BCUT2D eigenvalue weighted by Crippen LogP contribution is -2.32. The Morgan fingerprint density at radius 1 is 1.46 bits per heavy atom. The van der Waals surface area contributed by atoms with Gasteiger partial charge in [-0.3, -0.25) is 0 Å². The average Bonchev–Trinajstić information content (AvgIpc) is 2.19. The number of aldehydes is 1. The van der Waals surface area contributed by atoms with E-state index in [4.69, 9.17) is 9.47 Å². The summed E-state index contributed by atoms with van der Waals surface area (Å²) in [6.07, 6.45) is 7.93. The summed E-state index contributed by atoms with van der Waals surface area (Å²) in [7, 11) is 1.57. The minimum Gasteiger partial charge on any atom is -0.346 e. The van der Waals surface area contributed by atoms with Crippen LogP contribution in [0.1, 0.15) is 6.92 Å². The molecule has 0 aromatic rings. The van der Waals surface area contributed by atoms with Crippen LogP contribution in [0.25, 0.3) is 0 Å². The smallest absolute Gasteiger partial charge is 0.207 e. The molecule has 0 heterocycles. The van der Waals surface area contributed by atoms with E-state index in [1.54, 1.807) is 31.4 Å². The van der Waals surface area contributed by atoms with E-state index in [-0.39, 0.29) is 5.92 Å². The van der Waals surface area contributed by atoms with Crippen molar-refractivity contribution in [3.8, 4) is 0 Å². The molecule has 3 heteroatoms. The molecule has 1 rings (SSSR count). The highest BCUT2D eigenvalue weighted by Crippen LogP contribution is 2.22. The number of rotatable bonds is 4. The maximum atomic E-state index is 10.4. The number of methoxy groups -OCH3 is 1. The summed E-state index contributed by atoms with van der Waals surface area (Å²) in [6, 6.07) is 0. The van der Waals surface area contributed by atoms with Crippen LogP contribution in [0.4, 0.5) is 0 Å². The molecule has 0 radical (unpaired) electrons. The van der Waals surface area contributed by atoms with Crippen molar-refractivity contribution in [3.05, 3.63) is 24.3 Å². The second kappa shape index (κ2) is 4.35. The van der Waals surface area contributed by atoms with Crippen LogP contribution in [-0.2, 0) is 14.3 Å². The normalized spacial score (nSPS) is 32.0. The van der Waals surface area contributed by atoms with Crippen molar-refractivity contribution >= 4 is 6.29 Å². The van der Waals surface area contributed by atoms with E-state index in [2.05, 4.69) is 0 Å². The van der Waals surface area contributed by atoms with E-state index in [1.165, 1.54) is 0 Å². The van der Waals surface area contributed by atoms with E-state index < -0.39 is 5.79 Å². The molecule has 0 amide bonds. The summed E-state index contributed by atoms with van der Waals surface area (Å²) in [5.74, 6) is -0.919. The van der Waals surface area contributed by atoms with Crippen molar-refractivity contribution in [2.24, 2.45) is 5.92 Å². The predicted octanol–water partition coefficient (Wildman–Crippen LogP) is 1.31. The Labute approximate surface area is 78.0 Å². The third kappa shape index (κ3) is 2.26. The summed E-state index contributed by atoms with van der Waals surface area (Å²) in [5.41, 5.74) is 0. The Balaban J connectivity index is 2.71. The molecular weight excluding hydrogens is 168 g/mol. The molecule has 0 unspecified atom stereocenters. The number of hydrogen-bond donors (Lipinski definition) is 0. The zero-order valence-corrected chi connectivity index (χ0v) is 7.90. The minimum atomic E-state index is -0.770. The van der Waals surface area contributed by atoms with Gasteiger partial charge in [0.2, 0.25) is 5.79 Å². The van der Waals surface area contributed by atoms with Gasteiger partial charge >= 0.3 is 0 Å². The van der Waals surface area contributed by atoms with E-state index in [0.717, 1.165) is 6.29 Å². The van der Waals surface area contributed by atoms with Gasteiger partial charge in [-0.15, -0.1) is 0 Å². The fourth-order valence-corrected chi connectivity index (χ4v) is 1.22. The molecule has 0 aromatic heterocycles. The Hall–Kier alpha value is -0.930. The minimum absolute atomic E-state index is 0.149. The number of carbonyl (C=O) groups excluding carboxylic acids is 1.